The summed E-state index contributed by atoms with van der Waals surface area (Å²) in [7, 11) is 0. The van der Waals surface area contributed by atoms with Gasteiger partial charge in [0.15, 0.2) is 0 Å². The van der Waals surface area contributed by atoms with Crippen molar-refractivity contribution in [2.24, 2.45) is 5.73 Å². The third kappa shape index (κ3) is 2.22. The Morgan fingerprint density at radius 2 is 2.14 bits per heavy atom. The molecule has 2 nitrogen and oxygen atoms in total. The summed E-state index contributed by atoms with van der Waals surface area (Å²) < 4.78 is 1.04. The van der Waals surface area contributed by atoms with Gasteiger partial charge in [-0.2, -0.15) is 0 Å². The average Bonchev–Trinajstić information content (AvgIpc) is 2.09. The van der Waals surface area contributed by atoms with Crippen LogP contribution in [-0.2, 0) is 0 Å². The number of anilines is 1. The molecular weight excluding hydrogens is 263 g/mol. The van der Waals surface area contributed by atoms with Crippen LogP contribution in [0.2, 0.25) is 5.02 Å². The normalized spacial score (nSPS) is 25.6. The number of rotatable bonds is 2. The van der Waals surface area contributed by atoms with Crippen LogP contribution >= 0.6 is 27.5 Å². The van der Waals surface area contributed by atoms with Gasteiger partial charge in [0, 0.05) is 21.6 Å². The third-order valence-electron chi connectivity index (χ3n) is 2.46. The predicted octanol–water partition coefficient (Wildman–Crippen LogP) is 3.00. The highest BCUT2D eigenvalue weighted by Gasteiger charge is 2.25. The topological polar surface area (TPSA) is 38.0 Å². The van der Waals surface area contributed by atoms with E-state index in [0.29, 0.717) is 12.1 Å². The molecule has 76 valence electrons. The van der Waals surface area contributed by atoms with Gasteiger partial charge in [-0.3, -0.25) is 0 Å². The number of hydrogen-bond acceptors (Lipinski definition) is 2. The van der Waals surface area contributed by atoms with Crippen molar-refractivity contribution in [3.63, 3.8) is 0 Å². The fraction of sp³-hybridized carbons (Fsp3) is 0.400. The van der Waals surface area contributed by atoms with Gasteiger partial charge in [0.25, 0.3) is 0 Å². The molecule has 0 aromatic heterocycles. The molecule has 1 fully saturated rings. The summed E-state index contributed by atoms with van der Waals surface area (Å²) in [6, 6.07) is 6.60. The highest BCUT2D eigenvalue weighted by Crippen LogP contribution is 2.30. The Morgan fingerprint density at radius 3 is 2.79 bits per heavy atom. The predicted molar refractivity (Wildman–Crippen MR) is 63.8 cm³/mol. The molecule has 0 unspecified atom stereocenters. The summed E-state index contributed by atoms with van der Waals surface area (Å²) in [5, 5.41) is 4.16. The van der Waals surface area contributed by atoms with E-state index in [9.17, 15) is 0 Å². The number of nitrogens with one attached hydrogen (secondary N) is 1. The number of nitrogens with two attached hydrogens (primary N) is 1. The van der Waals surface area contributed by atoms with E-state index >= 15 is 0 Å². The van der Waals surface area contributed by atoms with Crippen LogP contribution in [0.5, 0.6) is 0 Å². The molecular formula is C10H12BrClN2. The Kier molecular flexibility index (Phi) is 3.00. The first-order valence-electron chi connectivity index (χ1n) is 4.62. The third-order valence-corrected chi connectivity index (χ3v) is 3.39. The Morgan fingerprint density at radius 1 is 1.43 bits per heavy atom. The van der Waals surface area contributed by atoms with Crippen molar-refractivity contribution >= 4 is 33.2 Å². The Bertz CT molecular complexity index is 337. The lowest BCUT2D eigenvalue weighted by Crippen LogP contribution is -2.44. The SMILES string of the molecule is NC1CC(Nc2cc(Cl)ccc2Br)C1. The van der Waals surface area contributed by atoms with Crippen molar-refractivity contribution in [1.29, 1.82) is 0 Å². The smallest absolute Gasteiger partial charge is 0.0501 e. The van der Waals surface area contributed by atoms with Gasteiger partial charge < -0.3 is 11.1 Å². The Labute approximate surface area is 96.9 Å². The zero-order valence-corrected chi connectivity index (χ0v) is 9.98. The molecule has 0 heterocycles. The molecule has 1 aliphatic rings. The first kappa shape index (κ1) is 10.3. The molecule has 0 saturated heterocycles. The summed E-state index contributed by atoms with van der Waals surface area (Å²) in [4.78, 5) is 0. The largest absolute Gasteiger partial charge is 0.381 e. The van der Waals surface area contributed by atoms with Crippen LogP contribution in [0.1, 0.15) is 12.8 Å². The van der Waals surface area contributed by atoms with Crippen LogP contribution in [0.4, 0.5) is 5.69 Å². The van der Waals surface area contributed by atoms with Crippen LogP contribution in [0.15, 0.2) is 22.7 Å². The van der Waals surface area contributed by atoms with E-state index < -0.39 is 0 Å². The highest BCUT2D eigenvalue weighted by molar-refractivity contribution is 9.10. The molecule has 2 rings (SSSR count). The van der Waals surface area contributed by atoms with Crippen LogP contribution < -0.4 is 11.1 Å². The van der Waals surface area contributed by atoms with Crippen molar-refractivity contribution in [1.82, 2.24) is 0 Å². The maximum absolute atomic E-state index is 5.90. The van der Waals surface area contributed by atoms with Crippen LogP contribution in [0, 0.1) is 0 Å². The van der Waals surface area contributed by atoms with Gasteiger partial charge in [-0.1, -0.05) is 11.6 Å². The van der Waals surface area contributed by atoms with E-state index in [1.807, 2.05) is 18.2 Å². The number of benzene rings is 1. The maximum atomic E-state index is 5.90. The zero-order chi connectivity index (χ0) is 10.1. The van der Waals surface area contributed by atoms with E-state index in [2.05, 4.69) is 21.2 Å². The molecule has 0 spiro atoms. The fourth-order valence-electron chi connectivity index (χ4n) is 1.61. The van der Waals surface area contributed by atoms with Gasteiger partial charge in [0.2, 0.25) is 0 Å². The molecule has 4 heteroatoms. The van der Waals surface area contributed by atoms with Gasteiger partial charge in [-0.15, -0.1) is 0 Å². The van der Waals surface area contributed by atoms with E-state index in [1.165, 1.54) is 0 Å². The van der Waals surface area contributed by atoms with E-state index in [4.69, 9.17) is 17.3 Å². The second kappa shape index (κ2) is 4.09. The Hall–Kier alpha value is -0.250. The molecule has 1 aromatic rings. The minimum Gasteiger partial charge on any atom is -0.381 e. The molecule has 0 amide bonds. The number of hydrogen-bond donors (Lipinski definition) is 2. The van der Waals surface area contributed by atoms with Crippen molar-refractivity contribution in [3.05, 3.63) is 27.7 Å². The van der Waals surface area contributed by atoms with Crippen LogP contribution in [-0.4, -0.2) is 12.1 Å². The summed E-state index contributed by atoms with van der Waals surface area (Å²) in [5.74, 6) is 0. The molecule has 14 heavy (non-hydrogen) atoms. The minimum atomic E-state index is 0.366. The molecule has 0 aliphatic heterocycles. The molecule has 0 atom stereocenters. The van der Waals surface area contributed by atoms with E-state index in [0.717, 1.165) is 28.0 Å². The summed E-state index contributed by atoms with van der Waals surface area (Å²) >= 11 is 9.38. The quantitative estimate of drug-likeness (QED) is 0.871. The molecule has 0 radical (unpaired) electrons. The zero-order valence-electron chi connectivity index (χ0n) is 7.63. The van der Waals surface area contributed by atoms with Gasteiger partial charge in [-0.25, -0.2) is 0 Å². The van der Waals surface area contributed by atoms with Gasteiger partial charge in [-0.05, 0) is 47.0 Å². The first-order chi connectivity index (χ1) is 6.65. The molecule has 3 N–H and O–H groups in total. The fourth-order valence-corrected chi connectivity index (χ4v) is 2.14. The molecule has 0 bridgehead atoms. The second-order valence-corrected chi connectivity index (χ2v) is 4.99. The standard InChI is InChI=1S/C10H12BrClN2/c11-9-2-1-6(12)3-10(9)14-8-4-7(13)5-8/h1-3,7-8,14H,4-5,13H2. The van der Waals surface area contributed by atoms with Gasteiger partial charge in [0.05, 0.1) is 5.69 Å². The maximum Gasteiger partial charge on any atom is 0.0501 e. The van der Waals surface area contributed by atoms with Crippen molar-refractivity contribution in [2.75, 3.05) is 5.32 Å². The van der Waals surface area contributed by atoms with Gasteiger partial charge in [0.1, 0.15) is 0 Å². The molecule has 1 aliphatic carbocycles. The Balaban J connectivity index is 2.05. The van der Waals surface area contributed by atoms with Gasteiger partial charge >= 0.3 is 0 Å². The first-order valence-corrected chi connectivity index (χ1v) is 5.79. The van der Waals surface area contributed by atoms with Crippen LogP contribution in [0.3, 0.4) is 0 Å². The summed E-state index contributed by atoms with van der Waals surface area (Å²) in [6.07, 6.45) is 2.08. The summed E-state index contributed by atoms with van der Waals surface area (Å²) in [6.45, 7) is 0. The molecule has 1 saturated carbocycles. The van der Waals surface area contributed by atoms with Crippen molar-refractivity contribution in [2.45, 2.75) is 24.9 Å². The lowest BCUT2D eigenvalue weighted by Gasteiger charge is -2.34. The number of halogens is 2. The molecule has 1 aromatic carbocycles. The monoisotopic (exact) mass is 274 g/mol. The van der Waals surface area contributed by atoms with E-state index in [-0.39, 0.29) is 0 Å². The van der Waals surface area contributed by atoms with E-state index in [1.54, 1.807) is 0 Å². The average molecular weight is 276 g/mol. The van der Waals surface area contributed by atoms with Crippen LogP contribution in [0.25, 0.3) is 0 Å². The van der Waals surface area contributed by atoms with Crippen molar-refractivity contribution in [3.8, 4) is 0 Å². The second-order valence-electron chi connectivity index (χ2n) is 3.70. The van der Waals surface area contributed by atoms with Crippen molar-refractivity contribution < 1.29 is 0 Å². The lowest BCUT2D eigenvalue weighted by molar-refractivity contribution is 0.373. The lowest BCUT2D eigenvalue weighted by atomic mass is 9.87. The highest BCUT2D eigenvalue weighted by atomic mass is 79.9. The summed E-state index contributed by atoms with van der Waals surface area (Å²) in [5.41, 5.74) is 6.76. The minimum absolute atomic E-state index is 0.366.